The molecule has 124 heavy (non-hydrogen) atoms. The van der Waals surface area contributed by atoms with Gasteiger partial charge >= 0.3 is 0 Å². The Morgan fingerprint density at radius 2 is 0.806 bits per heavy atom. The number of benzene rings is 1. The standard InChI is InChI=1S/C31H32N6O5.C30H32N6O5.C30H32N6O4S/c1-35(2)30(39)24-15-20-17-32-31(34-29(20)37(24)22-8-3-4-9-22)33-21-7-5-6-19(14-21)23-18-41-28-25(38)16-26(42-27(23)28)36-10-12-40-13-11-36;1-34(2)29(38)23-14-19-16-31-30(33-28(19)36(23)21-5-3-4-6-21)32-20-8-7-18(13-20)22-17-40-27-24(37)15-25(41-26(22)27)35-9-11-39-12-10-35;1-34(2)29(38)23-14-19-16-31-30(33-28(19)36(23)21-5-3-4-6-21)32-20-8-7-18(13-20)22-17-41-27-24(37)15-25(40-26(22)27)35-9-11-39-12-10-35/h5-7,14-18,22H,3-4,8-13H2,1-2H3,(H,32,33,34);2*7-8,14-17,21H,3-6,9-13H2,1-2H3,(H,31,32,33). The molecule has 3 N–H and O–H groups in total. The van der Waals surface area contributed by atoms with Crippen molar-refractivity contribution in [1.82, 2.24) is 58.3 Å². The van der Waals surface area contributed by atoms with Gasteiger partial charge in [-0.1, -0.05) is 62.8 Å². The van der Waals surface area contributed by atoms with E-state index < -0.39 is 0 Å². The van der Waals surface area contributed by atoms with Gasteiger partial charge in [-0.05, 0) is 97.7 Å². The largest absolute Gasteiger partial charge is 0.456 e. The molecule has 13 aromatic rings. The first-order valence-corrected chi connectivity index (χ1v) is 43.4. The number of furan rings is 2. The minimum atomic E-state index is -0.225. The SMILES string of the molecule is CN(C)C(=O)c1cc2cnc(NC3=CC=C(c4coc5c(=O)cc(N6CCOCC6)oc45)C3)nc2n1C1CCCC1.CN(C)C(=O)c1cc2cnc(NC3=CC=C(c4csc5c(=O)cc(N6CCOCC6)oc45)C3)nc2n1C1CCCC1.CN(C)C(=O)c1cc2cnc(Nc3cccc(-c4coc5c(=O)cc(N6CCOCC6)oc45)c3)nc2n1C1CCCC1. The summed E-state index contributed by atoms with van der Waals surface area (Å²) < 4.78 is 53.3. The number of nitrogens with zero attached hydrogens (tertiary/aromatic N) is 15. The predicted octanol–water partition coefficient (Wildman–Crippen LogP) is 14.8. The van der Waals surface area contributed by atoms with Gasteiger partial charge in [0.25, 0.3) is 17.7 Å². The third-order valence-electron chi connectivity index (χ3n) is 24.3. The van der Waals surface area contributed by atoms with Crippen LogP contribution in [0, 0.1) is 0 Å². The second-order valence-electron chi connectivity index (χ2n) is 33.2. The van der Waals surface area contributed by atoms with E-state index in [0.717, 1.165) is 155 Å². The van der Waals surface area contributed by atoms with Crippen LogP contribution in [0.3, 0.4) is 0 Å². The molecular formula is C91H96N18O14S. The van der Waals surface area contributed by atoms with Crippen LogP contribution in [-0.2, 0) is 14.2 Å². The number of morpholine rings is 3. The molecule has 0 radical (unpaired) electrons. The lowest BCUT2D eigenvalue weighted by Gasteiger charge is -2.27. The molecule has 640 valence electrons. The highest BCUT2D eigenvalue weighted by Gasteiger charge is 2.33. The number of anilines is 7. The number of nitrogens with one attached hydrogen (secondary N) is 3. The van der Waals surface area contributed by atoms with Gasteiger partial charge in [-0.3, -0.25) is 28.8 Å². The summed E-state index contributed by atoms with van der Waals surface area (Å²) in [4.78, 5) is 117. The van der Waals surface area contributed by atoms with Gasteiger partial charge in [-0.2, -0.15) is 15.0 Å². The minimum Gasteiger partial charge on any atom is -0.456 e. The summed E-state index contributed by atoms with van der Waals surface area (Å²) >= 11 is 1.42. The molecule has 0 spiro atoms. The zero-order chi connectivity index (χ0) is 85.0. The van der Waals surface area contributed by atoms with Crippen molar-refractivity contribution in [2.45, 2.75) is 108 Å². The van der Waals surface area contributed by atoms with Gasteiger partial charge in [-0.25, -0.2) is 15.0 Å². The summed E-state index contributed by atoms with van der Waals surface area (Å²) in [6.07, 6.45) is 30.8. The lowest BCUT2D eigenvalue weighted by atomic mass is 10.1. The molecule has 3 amide bonds. The van der Waals surface area contributed by atoms with Crippen molar-refractivity contribution >= 4 is 147 Å². The van der Waals surface area contributed by atoms with Crippen molar-refractivity contribution in [3.63, 3.8) is 0 Å². The Balaban J connectivity index is 0.000000122. The maximum absolute atomic E-state index is 13.0. The van der Waals surface area contributed by atoms with Crippen molar-refractivity contribution < 1.29 is 50.7 Å². The molecule has 3 aliphatic heterocycles. The summed E-state index contributed by atoms with van der Waals surface area (Å²) in [5.41, 5.74) is 13.5. The van der Waals surface area contributed by atoms with Crippen molar-refractivity contribution in [3.05, 3.63) is 192 Å². The zero-order valence-electron chi connectivity index (χ0n) is 70.0. The highest BCUT2D eigenvalue weighted by atomic mass is 32.1. The maximum Gasteiger partial charge on any atom is 0.270 e. The summed E-state index contributed by atoms with van der Waals surface area (Å²) in [5, 5.41) is 14.6. The van der Waals surface area contributed by atoms with E-state index in [4.69, 9.17) is 51.2 Å². The van der Waals surface area contributed by atoms with Crippen LogP contribution >= 0.6 is 11.3 Å². The number of aromatic nitrogens is 9. The fourth-order valence-electron chi connectivity index (χ4n) is 18.0. The van der Waals surface area contributed by atoms with E-state index in [0.29, 0.717) is 171 Å². The zero-order valence-corrected chi connectivity index (χ0v) is 70.8. The number of carbonyl (C=O) groups excluding carboxylic acids is 3. The lowest BCUT2D eigenvalue weighted by molar-refractivity contribution is 0.0808. The molecule has 33 heteroatoms. The second-order valence-corrected chi connectivity index (χ2v) is 34.1. The minimum absolute atomic E-state index is 0.0204. The first-order chi connectivity index (χ1) is 60.4. The molecule has 1 aromatic carbocycles. The third-order valence-corrected chi connectivity index (χ3v) is 25.3. The highest BCUT2D eigenvalue weighted by Crippen LogP contribution is 2.43. The number of thiophene rings is 1. The van der Waals surface area contributed by atoms with Crippen LogP contribution in [0.4, 0.5) is 41.2 Å². The van der Waals surface area contributed by atoms with Crippen LogP contribution in [0.1, 0.15) is 151 Å². The Hall–Kier alpha value is -13.0. The van der Waals surface area contributed by atoms with Crippen LogP contribution < -0.4 is 46.9 Å². The molecular weight excluding hydrogens is 1600 g/mol. The van der Waals surface area contributed by atoms with Gasteiger partial charge in [0.2, 0.25) is 45.3 Å². The maximum atomic E-state index is 13.0. The second kappa shape index (κ2) is 34.4. The molecule has 3 saturated carbocycles. The first kappa shape index (κ1) is 80.7. The van der Waals surface area contributed by atoms with Crippen molar-refractivity contribution in [2.24, 2.45) is 0 Å². The molecule has 0 unspecified atom stereocenters. The fraction of sp³-hybridized carbons (Fsp3) is 0.385. The molecule has 32 nitrogen and oxygen atoms in total. The van der Waals surface area contributed by atoms with E-state index in [1.54, 1.807) is 94.2 Å². The Morgan fingerprint density at radius 3 is 1.23 bits per heavy atom. The molecule has 0 atom stereocenters. The Kier molecular flexibility index (Phi) is 22.4. The van der Waals surface area contributed by atoms with Gasteiger partial charge < -0.3 is 95.3 Å². The Labute approximate surface area is 715 Å². The molecule has 3 saturated heterocycles. The fourth-order valence-corrected chi connectivity index (χ4v) is 18.9. The molecule has 15 heterocycles. The number of ether oxygens (including phenoxy) is 3. The van der Waals surface area contributed by atoms with Gasteiger partial charge in [0.1, 0.15) is 51.2 Å². The monoisotopic (exact) mass is 1700 g/mol. The van der Waals surface area contributed by atoms with Crippen molar-refractivity contribution in [2.75, 3.05) is 152 Å². The summed E-state index contributed by atoms with van der Waals surface area (Å²) in [5.74, 6) is 2.92. The smallest absolute Gasteiger partial charge is 0.270 e. The number of carbonyl (C=O) groups is 3. The van der Waals surface area contributed by atoms with E-state index in [9.17, 15) is 28.8 Å². The summed E-state index contributed by atoms with van der Waals surface area (Å²) in [7, 11) is 10.6. The van der Waals surface area contributed by atoms with Gasteiger partial charge in [0.15, 0.2) is 34.4 Å². The molecule has 8 aliphatic rings. The highest BCUT2D eigenvalue weighted by molar-refractivity contribution is 7.17. The molecule has 12 aromatic heterocycles. The number of hydrogen-bond donors (Lipinski definition) is 3. The van der Waals surface area contributed by atoms with Crippen LogP contribution in [-0.4, -0.2) is 197 Å². The number of amides is 3. The van der Waals surface area contributed by atoms with Crippen molar-refractivity contribution in [3.8, 4) is 11.1 Å². The quantitative estimate of drug-likeness (QED) is 0.0718. The van der Waals surface area contributed by atoms with Gasteiger partial charge in [-0.15, -0.1) is 11.3 Å². The van der Waals surface area contributed by atoms with E-state index in [1.165, 1.54) is 23.5 Å². The topological polar surface area (TPSA) is 343 Å². The molecule has 0 bridgehead atoms. The van der Waals surface area contributed by atoms with Crippen LogP contribution in [0.5, 0.6) is 0 Å². The van der Waals surface area contributed by atoms with E-state index in [1.807, 2.05) is 75.9 Å². The third kappa shape index (κ3) is 16.0. The molecule has 5 aliphatic carbocycles. The number of allylic oxidation sites excluding steroid dienone is 6. The summed E-state index contributed by atoms with van der Waals surface area (Å²) in [6.45, 7) is 7.63. The van der Waals surface area contributed by atoms with Gasteiger partial charge in [0.05, 0.1) is 62.9 Å². The van der Waals surface area contributed by atoms with Crippen LogP contribution in [0.15, 0.2) is 169 Å². The Bertz CT molecular complexity index is 6370. The predicted molar refractivity (Wildman–Crippen MR) is 475 cm³/mol. The Morgan fingerprint density at radius 1 is 0.427 bits per heavy atom. The average molecular weight is 1700 g/mol. The summed E-state index contributed by atoms with van der Waals surface area (Å²) in [6, 6.07) is 18.7. The van der Waals surface area contributed by atoms with Crippen LogP contribution in [0.25, 0.3) is 88.0 Å². The van der Waals surface area contributed by atoms with E-state index >= 15 is 0 Å². The number of rotatable bonds is 18. The lowest BCUT2D eigenvalue weighted by Crippen LogP contribution is -2.36. The van der Waals surface area contributed by atoms with Gasteiger partial charge in [0, 0.05) is 181 Å². The average Bonchev–Trinajstić information content (AvgIpc) is 1.63. The molecule has 6 fully saturated rings. The number of fused-ring (bicyclic) bond motifs is 6. The van der Waals surface area contributed by atoms with E-state index in [2.05, 4.69) is 55.6 Å². The number of hydrogen-bond acceptors (Lipinski definition) is 27. The normalized spacial score (nSPS) is 17.2. The van der Waals surface area contributed by atoms with Crippen LogP contribution in [0.2, 0.25) is 0 Å². The van der Waals surface area contributed by atoms with E-state index in [-0.39, 0.29) is 63.3 Å². The first-order valence-electron chi connectivity index (χ1n) is 42.5. The van der Waals surface area contributed by atoms with Crippen molar-refractivity contribution in [1.29, 1.82) is 0 Å². The molecule has 21 rings (SSSR count).